The SMILES string of the molecule is C=CCNCC(=O)N(CC(=O)O)C1CCCC1. The zero-order valence-corrected chi connectivity index (χ0v) is 10.0. The number of carboxylic acids is 1. The van der Waals surface area contributed by atoms with Crippen LogP contribution in [0.25, 0.3) is 0 Å². The van der Waals surface area contributed by atoms with Crippen LogP contribution < -0.4 is 5.32 Å². The van der Waals surface area contributed by atoms with Gasteiger partial charge >= 0.3 is 5.97 Å². The maximum absolute atomic E-state index is 11.9. The van der Waals surface area contributed by atoms with Gasteiger partial charge in [0, 0.05) is 12.6 Å². The van der Waals surface area contributed by atoms with E-state index >= 15 is 0 Å². The fourth-order valence-electron chi connectivity index (χ4n) is 2.17. The Balaban J connectivity index is 2.51. The average Bonchev–Trinajstić information content (AvgIpc) is 2.79. The quantitative estimate of drug-likeness (QED) is 0.505. The first-order valence-electron chi connectivity index (χ1n) is 5.98. The number of hydrogen-bond donors (Lipinski definition) is 2. The number of aliphatic carboxylic acids is 1. The Morgan fingerprint density at radius 2 is 2.06 bits per heavy atom. The van der Waals surface area contributed by atoms with Crippen LogP contribution in [0.1, 0.15) is 25.7 Å². The number of amides is 1. The van der Waals surface area contributed by atoms with Crippen LogP contribution in [0.2, 0.25) is 0 Å². The summed E-state index contributed by atoms with van der Waals surface area (Å²) < 4.78 is 0. The summed E-state index contributed by atoms with van der Waals surface area (Å²) in [6.45, 7) is 4.08. The molecule has 1 amide bonds. The van der Waals surface area contributed by atoms with Gasteiger partial charge in [-0.25, -0.2) is 0 Å². The minimum atomic E-state index is -0.950. The van der Waals surface area contributed by atoms with E-state index in [2.05, 4.69) is 11.9 Å². The maximum Gasteiger partial charge on any atom is 0.323 e. The van der Waals surface area contributed by atoms with Crippen molar-refractivity contribution in [1.82, 2.24) is 10.2 Å². The van der Waals surface area contributed by atoms with Crippen LogP contribution in [0.4, 0.5) is 0 Å². The van der Waals surface area contributed by atoms with Gasteiger partial charge in [-0.15, -0.1) is 6.58 Å². The molecule has 5 heteroatoms. The topological polar surface area (TPSA) is 69.6 Å². The van der Waals surface area contributed by atoms with Gasteiger partial charge < -0.3 is 15.3 Å². The number of rotatable bonds is 7. The molecule has 0 aromatic rings. The zero-order chi connectivity index (χ0) is 12.7. The number of hydrogen-bond acceptors (Lipinski definition) is 3. The maximum atomic E-state index is 11.9. The molecule has 2 N–H and O–H groups in total. The molecule has 0 atom stereocenters. The smallest absolute Gasteiger partial charge is 0.323 e. The molecule has 1 aliphatic carbocycles. The molecule has 0 saturated heterocycles. The second-order valence-corrected chi connectivity index (χ2v) is 4.27. The Morgan fingerprint density at radius 1 is 1.41 bits per heavy atom. The van der Waals surface area contributed by atoms with Crippen molar-refractivity contribution in [1.29, 1.82) is 0 Å². The zero-order valence-electron chi connectivity index (χ0n) is 10.0. The Kier molecular flexibility index (Phi) is 5.69. The molecule has 0 bridgehead atoms. The molecule has 0 heterocycles. The Labute approximate surface area is 101 Å². The lowest BCUT2D eigenvalue weighted by atomic mass is 10.2. The summed E-state index contributed by atoms with van der Waals surface area (Å²) in [7, 11) is 0. The number of carbonyl (C=O) groups is 2. The van der Waals surface area contributed by atoms with Gasteiger partial charge in [0.15, 0.2) is 0 Å². The van der Waals surface area contributed by atoms with Gasteiger partial charge in [0.25, 0.3) is 0 Å². The summed E-state index contributed by atoms with van der Waals surface area (Å²) in [5.74, 6) is -1.09. The fourth-order valence-corrected chi connectivity index (χ4v) is 2.17. The number of carbonyl (C=O) groups excluding carboxylic acids is 1. The van der Waals surface area contributed by atoms with Crippen molar-refractivity contribution in [2.24, 2.45) is 0 Å². The molecule has 17 heavy (non-hydrogen) atoms. The van der Waals surface area contributed by atoms with Gasteiger partial charge in [-0.3, -0.25) is 9.59 Å². The summed E-state index contributed by atoms with van der Waals surface area (Å²) in [6, 6.07) is 0.101. The molecule has 1 saturated carbocycles. The minimum Gasteiger partial charge on any atom is -0.480 e. The van der Waals surface area contributed by atoms with E-state index in [-0.39, 0.29) is 25.0 Å². The molecular weight excluding hydrogens is 220 g/mol. The normalized spacial score (nSPS) is 15.8. The van der Waals surface area contributed by atoms with Crippen LogP contribution >= 0.6 is 0 Å². The first-order valence-corrected chi connectivity index (χ1v) is 5.98. The molecule has 96 valence electrons. The highest BCUT2D eigenvalue weighted by atomic mass is 16.4. The van der Waals surface area contributed by atoms with Crippen molar-refractivity contribution in [3.63, 3.8) is 0 Å². The first kappa shape index (κ1) is 13.7. The average molecular weight is 240 g/mol. The van der Waals surface area contributed by atoms with Crippen molar-refractivity contribution in [3.8, 4) is 0 Å². The van der Waals surface area contributed by atoms with E-state index in [1.54, 1.807) is 6.08 Å². The Bertz CT molecular complexity index is 285. The fraction of sp³-hybridized carbons (Fsp3) is 0.667. The predicted molar refractivity (Wildman–Crippen MR) is 64.7 cm³/mol. The second-order valence-electron chi connectivity index (χ2n) is 4.27. The summed E-state index contributed by atoms with van der Waals surface area (Å²) in [5, 5.41) is 11.7. The third-order valence-corrected chi connectivity index (χ3v) is 2.96. The van der Waals surface area contributed by atoms with Crippen LogP contribution in [0.3, 0.4) is 0 Å². The molecule has 0 spiro atoms. The number of nitrogens with one attached hydrogen (secondary N) is 1. The number of carboxylic acid groups (broad SMARTS) is 1. The van der Waals surface area contributed by atoms with E-state index in [1.165, 1.54) is 4.90 Å². The van der Waals surface area contributed by atoms with Crippen molar-refractivity contribution in [2.75, 3.05) is 19.6 Å². The van der Waals surface area contributed by atoms with Crippen molar-refractivity contribution in [3.05, 3.63) is 12.7 Å². The largest absolute Gasteiger partial charge is 0.480 e. The standard InChI is InChI=1S/C12H20N2O3/c1-2-7-13-8-11(15)14(9-12(16)17)10-5-3-4-6-10/h2,10,13H,1,3-9H2,(H,16,17). The molecule has 0 radical (unpaired) electrons. The van der Waals surface area contributed by atoms with Crippen molar-refractivity contribution >= 4 is 11.9 Å². The van der Waals surface area contributed by atoms with Gasteiger partial charge in [-0.1, -0.05) is 18.9 Å². The molecule has 1 rings (SSSR count). The molecular formula is C12H20N2O3. The number of nitrogens with zero attached hydrogens (tertiary/aromatic N) is 1. The first-order chi connectivity index (χ1) is 8.15. The lowest BCUT2D eigenvalue weighted by Gasteiger charge is -2.27. The summed E-state index contributed by atoms with van der Waals surface area (Å²) >= 11 is 0. The van der Waals surface area contributed by atoms with Gasteiger partial charge in [0.05, 0.1) is 6.54 Å². The molecule has 0 unspecified atom stereocenters. The Hall–Kier alpha value is -1.36. The van der Waals surface area contributed by atoms with Crippen LogP contribution in [-0.4, -0.2) is 47.6 Å². The minimum absolute atomic E-state index is 0.101. The molecule has 0 aromatic carbocycles. The lowest BCUT2D eigenvalue weighted by molar-refractivity contribution is -0.145. The van der Waals surface area contributed by atoms with Crippen LogP contribution in [0.5, 0.6) is 0 Å². The molecule has 1 fully saturated rings. The third kappa shape index (κ3) is 4.56. The monoisotopic (exact) mass is 240 g/mol. The highest BCUT2D eigenvalue weighted by Crippen LogP contribution is 2.23. The van der Waals surface area contributed by atoms with Crippen LogP contribution in [0, 0.1) is 0 Å². The molecule has 0 aromatic heterocycles. The van der Waals surface area contributed by atoms with E-state index in [4.69, 9.17) is 5.11 Å². The predicted octanol–water partition coefficient (Wildman–Crippen LogP) is 0.618. The molecule has 5 nitrogen and oxygen atoms in total. The molecule has 0 aliphatic heterocycles. The van der Waals surface area contributed by atoms with E-state index < -0.39 is 5.97 Å². The van der Waals surface area contributed by atoms with E-state index in [9.17, 15) is 9.59 Å². The van der Waals surface area contributed by atoms with E-state index in [1.807, 2.05) is 0 Å². The van der Waals surface area contributed by atoms with Gasteiger partial charge in [0.1, 0.15) is 6.54 Å². The second kappa shape index (κ2) is 7.06. The molecule has 1 aliphatic rings. The summed E-state index contributed by atoms with van der Waals surface area (Å²) in [6.07, 6.45) is 5.66. The van der Waals surface area contributed by atoms with Gasteiger partial charge in [0.2, 0.25) is 5.91 Å². The van der Waals surface area contributed by atoms with Crippen molar-refractivity contribution in [2.45, 2.75) is 31.7 Å². The van der Waals surface area contributed by atoms with Gasteiger partial charge in [-0.2, -0.15) is 0 Å². The van der Waals surface area contributed by atoms with Crippen LogP contribution in [0.15, 0.2) is 12.7 Å². The van der Waals surface area contributed by atoms with E-state index in [0.717, 1.165) is 25.7 Å². The van der Waals surface area contributed by atoms with Gasteiger partial charge in [-0.05, 0) is 12.8 Å². The lowest BCUT2D eigenvalue weighted by Crippen LogP contribution is -2.46. The van der Waals surface area contributed by atoms with E-state index in [0.29, 0.717) is 6.54 Å². The third-order valence-electron chi connectivity index (χ3n) is 2.96. The summed E-state index contributed by atoms with van der Waals surface area (Å²) in [4.78, 5) is 24.2. The highest BCUT2D eigenvalue weighted by molar-refractivity contribution is 5.83. The Morgan fingerprint density at radius 3 is 2.59 bits per heavy atom. The highest BCUT2D eigenvalue weighted by Gasteiger charge is 2.27. The van der Waals surface area contributed by atoms with Crippen molar-refractivity contribution < 1.29 is 14.7 Å². The summed E-state index contributed by atoms with van der Waals surface area (Å²) in [5.41, 5.74) is 0. The van der Waals surface area contributed by atoms with Crippen LogP contribution in [-0.2, 0) is 9.59 Å².